The third kappa shape index (κ3) is 3.21. The molecule has 0 saturated heterocycles. The molecule has 0 saturated carbocycles. The second kappa shape index (κ2) is 4.97. The third-order valence-electron chi connectivity index (χ3n) is 2.29. The number of alkyl halides is 2. The second-order valence-corrected chi connectivity index (χ2v) is 12.5. The summed E-state index contributed by atoms with van der Waals surface area (Å²) in [5.74, 6) is 0.695. The van der Waals surface area contributed by atoms with Gasteiger partial charge < -0.3 is 4.52 Å². The molecule has 7 heteroatoms. The summed E-state index contributed by atoms with van der Waals surface area (Å²) in [6, 6.07) is 1.95. The van der Waals surface area contributed by atoms with E-state index < -0.39 is 0 Å². The largest absolute Gasteiger partial charge is 0.353 e. The summed E-state index contributed by atoms with van der Waals surface area (Å²) in [4.78, 5) is 0. The van der Waals surface area contributed by atoms with E-state index >= 15 is 0 Å². The molecule has 0 amide bonds. The van der Waals surface area contributed by atoms with Crippen LogP contribution in [0.15, 0.2) is 10.6 Å². The Morgan fingerprint density at radius 2 is 1.83 bits per heavy atom. The molecule has 0 aromatic carbocycles. The van der Waals surface area contributed by atoms with Gasteiger partial charge in [-0.25, -0.2) is 0 Å². The summed E-state index contributed by atoms with van der Waals surface area (Å²) in [5, 5.41) is 14.2. The molecule has 18 heavy (non-hydrogen) atoms. The van der Waals surface area contributed by atoms with Gasteiger partial charge >= 0.3 is 0 Å². The van der Waals surface area contributed by atoms with E-state index in [4.69, 9.17) is 4.52 Å². The van der Waals surface area contributed by atoms with Crippen molar-refractivity contribution in [1.29, 1.82) is 0 Å². The van der Waals surface area contributed by atoms with Crippen molar-refractivity contribution in [3.05, 3.63) is 16.8 Å². The van der Waals surface area contributed by atoms with E-state index in [1.54, 1.807) is 11.3 Å². The molecule has 2 aromatic rings. The lowest BCUT2D eigenvalue weighted by Gasteiger charge is -2.12. The van der Waals surface area contributed by atoms with Gasteiger partial charge in [-0.15, -0.1) is 10.2 Å². The first-order valence-corrected chi connectivity index (χ1v) is 8.35. The number of hydrogen-bond donors (Lipinski definition) is 0. The minimum Gasteiger partial charge on any atom is -0.353 e. The summed E-state index contributed by atoms with van der Waals surface area (Å²) in [5.41, 5.74) is 0.914. The Balaban J connectivity index is 2.33. The fourth-order valence-corrected chi connectivity index (χ4v) is 2.83. The van der Waals surface area contributed by atoms with Crippen molar-refractivity contribution >= 4 is 56.5 Å². The first-order valence-electron chi connectivity index (χ1n) is 5.37. The molecule has 2 aromatic heterocycles. The smallest absolute Gasteiger partial charge is 0.197 e. The maximum atomic E-state index is 5.36. The van der Waals surface area contributed by atoms with E-state index in [-0.39, 0.29) is 6.84 Å². The molecule has 0 unspecified atom stereocenters. The molecule has 0 aliphatic carbocycles. The number of rotatable bonds is 2. The van der Waals surface area contributed by atoms with Crippen molar-refractivity contribution in [3.8, 4) is 10.8 Å². The molecule has 0 radical (unpaired) electrons. The number of halogens is 2. The summed E-state index contributed by atoms with van der Waals surface area (Å²) >= 11 is 6.23. The summed E-state index contributed by atoms with van der Waals surface area (Å²) in [6.07, 6.45) is 0. The van der Waals surface area contributed by atoms with Gasteiger partial charge in [-0.2, -0.15) is 0 Å². The minimum atomic E-state index is -0.0433. The highest BCUT2D eigenvalue weighted by Crippen LogP contribution is 2.41. The fraction of sp³-hybridized carbons (Fsp3) is 0.545. The average molecular weight is 489 g/mol. The predicted octanol–water partition coefficient (Wildman–Crippen LogP) is 4.53. The summed E-state index contributed by atoms with van der Waals surface area (Å²) < 4.78 is 5.31. The third-order valence-corrected chi connectivity index (χ3v) is 5.20. The van der Waals surface area contributed by atoms with Crippen LogP contribution in [0.4, 0.5) is 0 Å². The van der Waals surface area contributed by atoms with E-state index in [1.165, 1.54) is 0 Å². The zero-order valence-corrected chi connectivity index (χ0v) is 15.6. The fourth-order valence-electron chi connectivity index (χ4n) is 1.23. The first kappa shape index (κ1) is 14.6. The van der Waals surface area contributed by atoms with Crippen molar-refractivity contribution in [3.63, 3.8) is 0 Å². The van der Waals surface area contributed by atoms with E-state index in [0.29, 0.717) is 5.76 Å². The quantitative estimate of drug-likeness (QED) is 0.460. The zero-order chi connectivity index (χ0) is 13.6. The van der Waals surface area contributed by atoms with Crippen LogP contribution in [0.25, 0.3) is 10.8 Å². The molecule has 0 fully saturated rings. The molecule has 98 valence electrons. The molecule has 0 atom stereocenters. The number of hydrogen-bond acceptors (Lipinski definition) is 5. The van der Waals surface area contributed by atoms with Crippen molar-refractivity contribution < 1.29 is 4.52 Å². The Morgan fingerprint density at radius 3 is 2.28 bits per heavy atom. The molecule has 0 bridgehead atoms. The Kier molecular flexibility index (Phi) is 4.04. The molecule has 2 rings (SSSR count). The minimum absolute atomic E-state index is 0.0176. The lowest BCUT2D eigenvalue weighted by molar-refractivity contribution is 0.402. The Bertz CT molecular complexity index is 501. The highest BCUT2D eigenvalue weighted by molar-refractivity contribution is 14.2. The molecule has 0 aliphatic rings. The highest BCUT2D eigenvalue weighted by atomic mass is 127. The normalized spacial score (nSPS) is 13.0. The van der Waals surface area contributed by atoms with Crippen LogP contribution in [-0.4, -0.2) is 15.4 Å². The average Bonchev–Trinajstić information content (AvgIpc) is 2.84. The van der Waals surface area contributed by atoms with Crippen LogP contribution < -0.4 is 0 Å². The van der Waals surface area contributed by atoms with Crippen LogP contribution in [0, 0.1) is 0 Å². The van der Waals surface area contributed by atoms with Gasteiger partial charge in [0.1, 0.15) is 6.44 Å². The van der Waals surface area contributed by atoms with Gasteiger partial charge in [0.2, 0.25) is 0 Å². The van der Waals surface area contributed by atoms with Crippen LogP contribution >= 0.6 is 56.5 Å². The molecule has 0 N–H and O–H groups in total. The van der Waals surface area contributed by atoms with Crippen LogP contribution in [-0.2, 0) is 6.84 Å². The molecular weight excluding hydrogens is 476 g/mol. The van der Waals surface area contributed by atoms with E-state index in [1.807, 2.05) is 6.07 Å². The lowest BCUT2D eigenvalue weighted by atomic mass is 9.92. The summed E-state index contributed by atoms with van der Waals surface area (Å²) in [7, 11) is 0. The van der Waals surface area contributed by atoms with E-state index in [2.05, 4.69) is 88.2 Å². The molecule has 4 nitrogen and oxygen atoms in total. The van der Waals surface area contributed by atoms with Gasteiger partial charge in [0.15, 0.2) is 10.8 Å². The maximum Gasteiger partial charge on any atom is 0.197 e. The SMILES string of the molecule is CC(C)(C)c1cc(-c2nnc(C(C)(I)I)s2)on1. The number of nitrogens with zero attached hydrogens (tertiary/aromatic N) is 3. The Hall–Kier alpha value is 0.230. The van der Waals surface area contributed by atoms with Crippen LogP contribution in [0.2, 0.25) is 0 Å². The van der Waals surface area contributed by atoms with Gasteiger partial charge in [-0.1, -0.05) is 82.4 Å². The maximum absolute atomic E-state index is 5.36. The van der Waals surface area contributed by atoms with E-state index in [0.717, 1.165) is 15.7 Å². The molecular formula is C11H13I2N3OS. The van der Waals surface area contributed by atoms with Gasteiger partial charge in [0.25, 0.3) is 0 Å². The van der Waals surface area contributed by atoms with Crippen molar-refractivity contribution in [2.45, 2.75) is 34.5 Å². The highest BCUT2D eigenvalue weighted by Gasteiger charge is 2.26. The van der Waals surface area contributed by atoms with E-state index in [9.17, 15) is 0 Å². The van der Waals surface area contributed by atoms with Crippen LogP contribution in [0.3, 0.4) is 0 Å². The van der Waals surface area contributed by atoms with Crippen molar-refractivity contribution in [1.82, 2.24) is 15.4 Å². The van der Waals surface area contributed by atoms with Crippen molar-refractivity contribution in [2.24, 2.45) is 0 Å². The van der Waals surface area contributed by atoms with Crippen LogP contribution in [0.1, 0.15) is 38.4 Å². The predicted molar refractivity (Wildman–Crippen MR) is 89.5 cm³/mol. The molecule has 0 aliphatic heterocycles. The topological polar surface area (TPSA) is 51.8 Å². The van der Waals surface area contributed by atoms with Gasteiger partial charge in [-0.05, 0) is 6.92 Å². The monoisotopic (exact) mass is 489 g/mol. The molecule has 2 heterocycles. The first-order chi connectivity index (χ1) is 8.18. The van der Waals surface area contributed by atoms with Gasteiger partial charge in [0.05, 0.1) is 5.69 Å². The Morgan fingerprint density at radius 1 is 1.17 bits per heavy atom. The van der Waals surface area contributed by atoms with Crippen LogP contribution in [0.5, 0.6) is 0 Å². The van der Waals surface area contributed by atoms with Gasteiger partial charge in [0, 0.05) is 11.5 Å². The number of aromatic nitrogens is 3. The summed E-state index contributed by atoms with van der Waals surface area (Å²) in [6.45, 7) is 8.41. The standard InChI is InChI=1S/C11H13I2N3OS/c1-10(2,3)7-5-6(17-16-7)8-14-15-9(18-8)11(4,12)13/h5H,1-4H3. The Labute approximate surface area is 137 Å². The van der Waals surface area contributed by atoms with Crippen molar-refractivity contribution in [2.75, 3.05) is 0 Å². The second-order valence-electron chi connectivity index (χ2n) is 5.13. The lowest BCUT2D eigenvalue weighted by Crippen LogP contribution is -2.10. The van der Waals surface area contributed by atoms with Gasteiger partial charge in [-0.3, -0.25) is 0 Å². The zero-order valence-electron chi connectivity index (χ0n) is 10.5. The molecule has 0 spiro atoms.